The maximum absolute atomic E-state index is 11.5. The Morgan fingerprint density at radius 3 is 2.46 bits per heavy atom. The third-order valence-corrected chi connectivity index (χ3v) is 4.25. The Bertz CT molecular complexity index is 997. The molecule has 1 aromatic heterocycles. The second kappa shape index (κ2) is 6.13. The fourth-order valence-corrected chi connectivity index (χ4v) is 3.07. The first-order valence-corrected chi connectivity index (χ1v) is 7.89. The van der Waals surface area contributed by atoms with Crippen LogP contribution in [0.2, 0.25) is 0 Å². The molecule has 0 aliphatic heterocycles. The van der Waals surface area contributed by atoms with Gasteiger partial charge in [-0.05, 0) is 16.3 Å². The Balaban J connectivity index is 1.85. The van der Waals surface area contributed by atoms with E-state index in [9.17, 15) is 4.79 Å². The van der Waals surface area contributed by atoms with E-state index in [1.54, 1.807) is 6.20 Å². The fraction of sp³-hybridized carbons (Fsp3) is 0.0476. The van der Waals surface area contributed by atoms with Crippen LogP contribution in [0.15, 0.2) is 79.0 Å². The zero-order valence-electron chi connectivity index (χ0n) is 13.1. The van der Waals surface area contributed by atoms with E-state index < -0.39 is 0 Å². The molecule has 0 aliphatic rings. The number of benzene rings is 3. The van der Waals surface area contributed by atoms with E-state index in [0.717, 1.165) is 17.7 Å². The Labute approximate surface area is 140 Å². The maximum Gasteiger partial charge on any atom is 0.168 e. The van der Waals surface area contributed by atoms with Gasteiger partial charge in [0.15, 0.2) is 6.29 Å². The molecule has 0 fully saturated rings. The number of rotatable bonds is 4. The number of imidazole rings is 1. The van der Waals surface area contributed by atoms with E-state index in [-0.39, 0.29) is 0 Å². The summed E-state index contributed by atoms with van der Waals surface area (Å²) in [6.07, 6.45) is 2.50. The van der Waals surface area contributed by atoms with Gasteiger partial charge in [-0.15, -0.1) is 0 Å². The van der Waals surface area contributed by atoms with Crippen LogP contribution in [0.1, 0.15) is 16.1 Å². The zero-order valence-corrected chi connectivity index (χ0v) is 13.1. The normalized spacial score (nSPS) is 10.8. The summed E-state index contributed by atoms with van der Waals surface area (Å²) in [6.45, 7) is 0.611. The molecule has 3 heteroatoms. The summed E-state index contributed by atoms with van der Waals surface area (Å²) in [6, 6.07) is 24.5. The first-order valence-electron chi connectivity index (χ1n) is 7.89. The molecule has 24 heavy (non-hydrogen) atoms. The Kier molecular flexibility index (Phi) is 3.67. The minimum Gasteiger partial charge on any atom is -0.317 e. The molecule has 0 unspecified atom stereocenters. The Hall–Kier alpha value is -3.20. The summed E-state index contributed by atoms with van der Waals surface area (Å²) in [5.41, 5.74) is 2.76. The lowest BCUT2D eigenvalue weighted by atomic mass is 10.0. The van der Waals surface area contributed by atoms with Crippen molar-refractivity contribution in [3.05, 3.63) is 90.3 Å². The van der Waals surface area contributed by atoms with Crippen LogP contribution in [0.3, 0.4) is 0 Å². The fourth-order valence-electron chi connectivity index (χ4n) is 3.07. The van der Waals surface area contributed by atoms with Crippen molar-refractivity contribution in [2.75, 3.05) is 0 Å². The summed E-state index contributed by atoms with van der Waals surface area (Å²) >= 11 is 0. The molecule has 3 nitrogen and oxygen atoms in total. The number of fused-ring (bicyclic) bond motifs is 1. The summed E-state index contributed by atoms with van der Waals surface area (Å²) < 4.78 is 1.98. The number of carbonyl (C=O) groups is 1. The van der Waals surface area contributed by atoms with E-state index >= 15 is 0 Å². The zero-order chi connectivity index (χ0) is 16.4. The predicted octanol–water partition coefficient (Wildman–Crippen LogP) is 4.56. The van der Waals surface area contributed by atoms with Crippen LogP contribution < -0.4 is 0 Å². The number of aromatic nitrogens is 2. The molecule has 3 aromatic carbocycles. The molecule has 0 radical (unpaired) electrons. The smallest absolute Gasteiger partial charge is 0.168 e. The first kappa shape index (κ1) is 14.4. The summed E-state index contributed by atoms with van der Waals surface area (Å²) in [5.74, 6) is 0.811. The van der Waals surface area contributed by atoms with Crippen LogP contribution in [0.4, 0.5) is 0 Å². The van der Waals surface area contributed by atoms with Crippen LogP contribution >= 0.6 is 0 Å². The maximum atomic E-state index is 11.5. The topological polar surface area (TPSA) is 34.9 Å². The third-order valence-electron chi connectivity index (χ3n) is 4.25. The lowest BCUT2D eigenvalue weighted by molar-refractivity contribution is 0.111. The highest BCUT2D eigenvalue weighted by Gasteiger charge is 2.12. The van der Waals surface area contributed by atoms with Crippen molar-refractivity contribution >= 4 is 17.1 Å². The minimum atomic E-state index is 0.585. The molecular formula is C21H16N2O. The molecule has 0 saturated carbocycles. The molecule has 0 bridgehead atoms. The number of aldehydes is 1. The highest BCUT2D eigenvalue weighted by atomic mass is 16.1. The van der Waals surface area contributed by atoms with Gasteiger partial charge in [-0.1, -0.05) is 72.8 Å². The summed E-state index contributed by atoms with van der Waals surface area (Å²) in [4.78, 5) is 15.9. The van der Waals surface area contributed by atoms with Gasteiger partial charge in [-0.2, -0.15) is 0 Å². The number of carbonyl (C=O) groups excluding carboxylic acids is 1. The molecule has 0 amide bonds. The second-order valence-corrected chi connectivity index (χ2v) is 5.71. The molecule has 0 N–H and O–H groups in total. The van der Waals surface area contributed by atoms with Crippen LogP contribution in [-0.4, -0.2) is 15.8 Å². The van der Waals surface area contributed by atoms with Gasteiger partial charge >= 0.3 is 0 Å². The summed E-state index contributed by atoms with van der Waals surface area (Å²) in [7, 11) is 0. The first-order chi connectivity index (χ1) is 11.9. The molecule has 1 heterocycles. The van der Waals surface area contributed by atoms with E-state index in [4.69, 9.17) is 0 Å². The molecular weight excluding hydrogens is 296 g/mol. The van der Waals surface area contributed by atoms with Crippen LogP contribution in [0.5, 0.6) is 0 Å². The average molecular weight is 312 g/mol. The third kappa shape index (κ3) is 2.50. The van der Waals surface area contributed by atoms with Crippen molar-refractivity contribution in [1.29, 1.82) is 0 Å². The standard InChI is InChI=1S/C21H16N2O/c24-15-19-13-22-21(17-8-2-1-3-9-17)23(19)14-18-11-6-10-16-7-4-5-12-20(16)18/h1-13,15H,14H2. The van der Waals surface area contributed by atoms with Gasteiger partial charge in [-0.25, -0.2) is 4.98 Å². The monoisotopic (exact) mass is 312 g/mol. The highest BCUT2D eigenvalue weighted by Crippen LogP contribution is 2.24. The van der Waals surface area contributed by atoms with Crippen LogP contribution in [0.25, 0.3) is 22.2 Å². The molecule has 0 aliphatic carbocycles. The molecule has 0 atom stereocenters. The van der Waals surface area contributed by atoms with Crippen molar-refractivity contribution < 1.29 is 4.79 Å². The Morgan fingerprint density at radius 2 is 1.62 bits per heavy atom. The van der Waals surface area contributed by atoms with E-state index in [1.165, 1.54) is 16.3 Å². The number of hydrogen-bond donors (Lipinski definition) is 0. The summed E-state index contributed by atoms with van der Waals surface area (Å²) in [5, 5.41) is 2.40. The van der Waals surface area contributed by atoms with Crippen molar-refractivity contribution in [3.63, 3.8) is 0 Å². The SMILES string of the molecule is O=Cc1cnc(-c2ccccc2)n1Cc1cccc2ccccc12. The van der Waals surface area contributed by atoms with E-state index in [0.29, 0.717) is 12.2 Å². The predicted molar refractivity (Wildman–Crippen MR) is 96.1 cm³/mol. The van der Waals surface area contributed by atoms with Gasteiger partial charge in [-0.3, -0.25) is 4.79 Å². The number of hydrogen-bond acceptors (Lipinski definition) is 2. The molecule has 4 rings (SSSR count). The minimum absolute atomic E-state index is 0.585. The number of nitrogens with zero attached hydrogens (tertiary/aromatic N) is 2. The lowest BCUT2D eigenvalue weighted by Gasteiger charge is -2.12. The van der Waals surface area contributed by atoms with Crippen molar-refractivity contribution in [3.8, 4) is 11.4 Å². The van der Waals surface area contributed by atoms with Crippen molar-refractivity contribution in [1.82, 2.24) is 9.55 Å². The van der Waals surface area contributed by atoms with E-state index in [2.05, 4.69) is 35.3 Å². The van der Waals surface area contributed by atoms with Crippen LogP contribution in [-0.2, 0) is 6.54 Å². The molecule has 0 saturated heterocycles. The van der Waals surface area contributed by atoms with Gasteiger partial charge in [0.2, 0.25) is 0 Å². The average Bonchev–Trinajstić information content (AvgIpc) is 3.05. The largest absolute Gasteiger partial charge is 0.317 e. The van der Waals surface area contributed by atoms with Gasteiger partial charge in [0, 0.05) is 5.56 Å². The van der Waals surface area contributed by atoms with Gasteiger partial charge < -0.3 is 4.57 Å². The molecule has 116 valence electrons. The van der Waals surface area contributed by atoms with E-state index in [1.807, 2.05) is 47.0 Å². The highest BCUT2D eigenvalue weighted by molar-refractivity contribution is 5.86. The second-order valence-electron chi connectivity index (χ2n) is 5.71. The van der Waals surface area contributed by atoms with Crippen molar-refractivity contribution in [2.45, 2.75) is 6.54 Å². The Morgan fingerprint density at radius 1 is 0.875 bits per heavy atom. The van der Waals surface area contributed by atoms with Gasteiger partial charge in [0.05, 0.1) is 12.7 Å². The van der Waals surface area contributed by atoms with Gasteiger partial charge in [0.1, 0.15) is 11.5 Å². The van der Waals surface area contributed by atoms with Crippen molar-refractivity contribution in [2.24, 2.45) is 0 Å². The van der Waals surface area contributed by atoms with Crippen LogP contribution in [0, 0.1) is 0 Å². The molecule has 4 aromatic rings. The molecule has 0 spiro atoms. The lowest BCUT2D eigenvalue weighted by Crippen LogP contribution is -2.06. The van der Waals surface area contributed by atoms with Gasteiger partial charge in [0.25, 0.3) is 0 Å². The quantitative estimate of drug-likeness (QED) is 0.518.